The van der Waals surface area contributed by atoms with Crippen molar-refractivity contribution in [2.45, 2.75) is 26.3 Å². The SMILES string of the molecule is CCCNC(C)c1ccc(-c2ccc(F)cc2Br)o1. The Bertz CT molecular complexity index is 553. The maximum atomic E-state index is 13.1. The van der Waals surface area contributed by atoms with E-state index in [1.165, 1.54) is 12.1 Å². The highest BCUT2D eigenvalue weighted by Gasteiger charge is 2.12. The average Bonchev–Trinajstić information content (AvgIpc) is 2.85. The smallest absolute Gasteiger partial charge is 0.135 e. The quantitative estimate of drug-likeness (QED) is 0.845. The highest BCUT2D eigenvalue weighted by atomic mass is 79.9. The number of furan rings is 1. The molecule has 0 saturated carbocycles. The molecule has 0 radical (unpaired) electrons. The summed E-state index contributed by atoms with van der Waals surface area (Å²) in [7, 11) is 0. The summed E-state index contributed by atoms with van der Waals surface area (Å²) in [6.45, 7) is 5.15. The molecule has 1 heterocycles. The molecule has 0 saturated heterocycles. The summed E-state index contributed by atoms with van der Waals surface area (Å²) < 4.78 is 19.6. The Kier molecular flexibility index (Phi) is 4.77. The molecule has 2 nitrogen and oxygen atoms in total. The van der Waals surface area contributed by atoms with E-state index < -0.39 is 0 Å². The van der Waals surface area contributed by atoms with E-state index >= 15 is 0 Å². The maximum Gasteiger partial charge on any atom is 0.135 e. The zero-order valence-electron chi connectivity index (χ0n) is 11.0. The molecule has 102 valence electrons. The minimum Gasteiger partial charge on any atom is -0.459 e. The first-order chi connectivity index (χ1) is 9.11. The molecule has 0 spiro atoms. The van der Waals surface area contributed by atoms with Crippen molar-refractivity contribution in [3.05, 3.63) is 46.4 Å². The fourth-order valence-corrected chi connectivity index (χ4v) is 2.43. The van der Waals surface area contributed by atoms with Crippen molar-refractivity contribution < 1.29 is 8.81 Å². The molecule has 1 aromatic carbocycles. The molecule has 0 bridgehead atoms. The van der Waals surface area contributed by atoms with Crippen LogP contribution < -0.4 is 5.32 Å². The summed E-state index contributed by atoms with van der Waals surface area (Å²) in [5.74, 6) is 1.37. The van der Waals surface area contributed by atoms with Gasteiger partial charge in [-0.2, -0.15) is 0 Å². The van der Waals surface area contributed by atoms with Gasteiger partial charge in [0, 0.05) is 10.0 Å². The zero-order valence-corrected chi connectivity index (χ0v) is 12.6. The lowest BCUT2D eigenvalue weighted by molar-refractivity contribution is 0.438. The number of halogens is 2. The molecular formula is C15H17BrFNO. The maximum absolute atomic E-state index is 13.1. The molecule has 2 rings (SSSR count). The topological polar surface area (TPSA) is 25.2 Å². The summed E-state index contributed by atoms with van der Waals surface area (Å²) in [4.78, 5) is 0. The first kappa shape index (κ1) is 14.3. The summed E-state index contributed by atoms with van der Waals surface area (Å²) in [6.07, 6.45) is 1.08. The zero-order chi connectivity index (χ0) is 13.8. The van der Waals surface area contributed by atoms with Gasteiger partial charge in [-0.15, -0.1) is 0 Å². The number of nitrogens with one attached hydrogen (secondary N) is 1. The molecule has 0 fully saturated rings. The van der Waals surface area contributed by atoms with E-state index in [1.807, 2.05) is 12.1 Å². The highest BCUT2D eigenvalue weighted by molar-refractivity contribution is 9.10. The van der Waals surface area contributed by atoms with Gasteiger partial charge in [0.1, 0.15) is 17.3 Å². The van der Waals surface area contributed by atoms with E-state index in [4.69, 9.17) is 4.42 Å². The Labute approximate surface area is 121 Å². The Morgan fingerprint density at radius 2 is 2.11 bits per heavy atom. The van der Waals surface area contributed by atoms with Gasteiger partial charge in [0.2, 0.25) is 0 Å². The Balaban J connectivity index is 2.20. The second-order valence-corrected chi connectivity index (χ2v) is 5.36. The van der Waals surface area contributed by atoms with Crippen LogP contribution in [0, 0.1) is 5.82 Å². The summed E-state index contributed by atoms with van der Waals surface area (Å²) in [5, 5.41) is 3.37. The second kappa shape index (κ2) is 6.35. The van der Waals surface area contributed by atoms with Crippen LogP contribution in [0.3, 0.4) is 0 Å². The fraction of sp³-hybridized carbons (Fsp3) is 0.333. The van der Waals surface area contributed by atoms with Gasteiger partial charge in [0.05, 0.1) is 6.04 Å². The van der Waals surface area contributed by atoms with E-state index in [9.17, 15) is 4.39 Å². The Morgan fingerprint density at radius 3 is 2.79 bits per heavy atom. The monoisotopic (exact) mass is 325 g/mol. The number of hydrogen-bond donors (Lipinski definition) is 1. The van der Waals surface area contributed by atoms with Crippen LogP contribution in [-0.2, 0) is 0 Å². The third kappa shape index (κ3) is 3.45. The second-order valence-electron chi connectivity index (χ2n) is 4.50. The predicted octanol–water partition coefficient (Wildman–Crippen LogP) is 4.91. The van der Waals surface area contributed by atoms with Gasteiger partial charge in [-0.1, -0.05) is 6.92 Å². The van der Waals surface area contributed by atoms with Crippen molar-refractivity contribution in [3.63, 3.8) is 0 Å². The number of benzene rings is 1. The first-order valence-corrected chi connectivity index (χ1v) is 7.19. The van der Waals surface area contributed by atoms with Crippen molar-refractivity contribution in [1.29, 1.82) is 0 Å². The van der Waals surface area contributed by atoms with E-state index in [1.54, 1.807) is 6.07 Å². The van der Waals surface area contributed by atoms with Crippen molar-refractivity contribution in [2.75, 3.05) is 6.54 Å². The third-order valence-corrected chi connectivity index (χ3v) is 3.61. The van der Waals surface area contributed by atoms with Crippen LogP contribution in [0.15, 0.2) is 39.2 Å². The molecule has 19 heavy (non-hydrogen) atoms. The highest BCUT2D eigenvalue weighted by Crippen LogP contribution is 2.31. The van der Waals surface area contributed by atoms with Crippen molar-refractivity contribution in [3.8, 4) is 11.3 Å². The Hall–Kier alpha value is -1.13. The van der Waals surface area contributed by atoms with E-state index in [0.29, 0.717) is 4.47 Å². The van der Waals surface area contributed by atoms with Gasteiger partial charge in [-0.25, -0.2) is 4.39 Å². The van der Waals surface area contributed by atoms with Crippen LogP contribution in [-0.4, -0.2) is 6.54 Å². The first-order valence-electron chi connectivity index (χ1n) is 6.40. The number of rotatable bonds is 5. The lowest BCUT2D eigenvalue weighted by atomic mass is 10.2. The predicted molar refractivity (Wildman–Crippen MR) is 78.5 cm³/mol. The van der Waals surface area contributed by atoms with Crippen LogP contribution in [0.5, 0.6) is 0 Å². The average molecular weight is 326 g/mol. The normalized spacial score (nSPS) is 12.6. The summed E-state index contributed by atoms with van der Waals surface area (Å²) in [6, 6.07) is 8.63. The van der Waals surface area contributed by atoms with Crippen LogP contribution in [0.1, 0.15) is 32.1 Å². The molecule has 2 aromatic rings. The summed E-state index contributed by atoms with van der Waals surface area (Å²) in [5.41, 5.74) is 0.857. The summed E-state index contributed by atoms with van der Waals surface area (Å²) >= 11 is 3.36. The molecule has 0 aliphatic heterocycles. The van der Waals surface area contributed by atoms with Crippen LogP contribution in [0.4, 0.5) is 4.39 Å². The van der Waals surface area contributed by atoms with Crippen LogP contribution in [0.25, 0.3) is 11.3 Å². The van der Waals surface area contributed by atoms with E-state index in [0.717, 1.165) is 30.0 Å². The third-order valence-electron chi connectivity index (χ3n) is 2.95. The molecule has 0 aliphatic rings. The Morgan fingerprint density at radius 1 is 1.32 bits per heavy atom. The van der Waals surface area contributed by atoms with Gasteiger partial charge in [-0.05, 0) is 66.2 Å². The van der Waals surface area contributed by atoms with Gasteiger partial charge >= 0.3 is 0 Å². The van der Waals surface area contributed by atoms with Crippen molar-refractivity contribution in [2.24, 2.45) is 0 Å². The minimum atomic E-state index is -0.264. The molecule has 0 amide bonds. The molecule has 1 aromatic heterocycles. The van der Waals surface area contributed by atoms with Gasteiger partial charge < -0.3 is 9.73 Å². The lowest BCUT2D eigenvalue weighted by Crippen LogP contribution is -2.18. The fourth-order valence-electron chi connectivity index (χ4n) is 1.88. The van der Waals surface area contributed by atoms with E-state index in [-0.39, 0.29) is 11.9 Å². The van der Waals surface area contributed by atoms with Gasteiger partial charge in [0.15, 0.2) is 0 Å². The van der Waals surface area contributed by atoms with E-state index in [2.05, 4.69) is 35.1 Å². The molecule has 1 N–H and O–H groups in total. The largest absolute Gasteiger partial charge is 0.459 e. The molecule has 4 heteroatoms. The number of hydrogen-bond acceptors (Lipinski definition) is 2. The van der Waals surface area contributed by atoms with Crippen molar-refractivity contribution in [1.82, 2.24) is 5.32 Å². The molecular weight excluding hydrogens is 309 g/mol. The van der Waals surface area contributed by atoms with Crippen LogP contribution >= 0.6 is 15.9 Å². The van der Waals surface area contributed by atoms with Crippen LogP contribution in [0.2, 0.25) is 0 Å². The standard InChI is InChI=1S/C15H17BrFNO/c1-3-8-18-10(2)14-6-7-15(19-14)12-5-4-11(17)9-13(12)16/h4-7,9-10,18H,3,8H2,1-2H3. The minimum absolute atomic E-state index is 0.174. The molecule has 1 atom stereocenters. The van der Waals surface area contributed by atoms with Gasteiger partial charge in [0.25, 0.3) is 0 Å². The lowest BCUT2D eigenvalue weighted by Gasteiger charge is -2.10. The molecule has 0 aliphatic carbocycles. The molecule has 1 unspecified atom stereocenters. The van der Waals surface area contributed by atoms with Gasteiger partial charge in [-0.3, -0.25) is 0 Å². The van der Waals surface area contributed by atoms with Crippen molar-refractivity contribution >= 4 is 15.9 Å².